The van der Waals surface area contributed by atoms with E-state index in [9.17, 15) is 0 Å². The molecule has 2 heteroatoms. The smallest absolute Gasteiger partial charge is 0.0728 e. The van der Waals surface area contributed by atoms with Crippen molar-refractivity contribution in [1.29, 1.82) is 0 Å². The Kier molecular flexibility index (Phi) is 4.89. The van der Waals surface area contributed by atoms with E-state index < -0.39 is 0 Å². The molecule has 1 aliphatic rings. The van der Waals surface area contributed by atoms with Crippen LogP contribution in [0.15, 0.2) is 65.8 Å². The van der Waals surface area contributed by atoms with E-state index in [2.05, 4.69) is 78.8 Å². The van der Waals surface area contributed by atoms with Crippen LogP contribution in [-0.4, -0.2) is 11.2 Å². The van der Waals surface area contributed by atoms with Crippen molar-refractivity contribution in [2.45, 2.75) is 44.7 Å². The Labute approximate surface area is 133 Å². The molecule has 0 aliphatic carbocycles. The van der Waals surface area contributed by atoms with Crippen molar-refractivity contribution in [2.75, 3.05) is 0 Å². The number of hydrazone groups is 1. The Bertz CT molecular complexity index is 544. The van der Waals surface area contributed by atoms with Gasteiger partial charge in [-0.3, -0.25) is 5.01 Å². The molecule has 1 heterocycles. The monoisotopic (exact) mass is 292 g/mol. The van der Waals surface area contributed by atoms with Gasteiger partial charge in [0.2, 0.25) is 0 Å². The zero-order valence-corrected chi connectivity index (χ0v) is 13.2. The number of hydrogen-bond acceptors (Lipinski definition) is 2. The molecule has 0 radical (unpaired) electrons. The molecule has 2 atom stereocenters. The average molecular weight is 292 g/mol. The molecular formula is C20H24N2. The molecule has 1 saturated heterocycles. The van der Waals surface area contributed by atoms with Gasteiger partial charge in [-0.25, -0.2) is 0 Å². The van der Waals surface area contributed by atoms with E-state index >= 15 is 0 Å². The molecule has 2 aromatic carbocycles. The SMILES string of the molecule is CCC/C=N/N1[C@H](c2ccccc2)CC[C@H]1c1ccccc1. The summed E-state index contributed by atoms with van der Waals surface area (Å²) in [6.45, 7) is 2.19. The molecule has 0 N–H and O–H groups in total. The lowest BCUT2D eigenvalue weighted by Gasteiger charge is -2.28. The highest BCUT2D eigenvalue weighted by Crippen LogP contribution is 2.43. The fourth-order valence-corrected chi connectivity index (χ4v) is 3.23. The number of hydrogen-bond donors (Lipinski definition) is 0. The molecule has 0 bridgehead atoms. The number of rotatable bonds is 5. The van der Waals surface area contributed by atoms with Crippen LogP contribution < -0.4 is 0 Å². The van der Waals surface area contributed by atoms with Crippen LogP contribution in [0.3, 0.4) is 0 Å². The standard InChI is InChI=1S/C20H24N2/c1-2-3-16-21-22-19(17-10-6-4-7-11-17)14-15-20(22)18-12-8-5-9-13-18/h4-13,16,19-20H,2-3,14-15H2,1H3/b21-16+/t19-,20-/m0/s1. The minimum Gasteiger partial charge on any atom is -0.282 e. The van der Waals surface area contributed by atoms with Crippen LogP contribution in [0.4, 0.5) is 0 Å². The first-order chi connectivity index (χ1) is 10.9. The molecule has 0 saturated carbocycles. The fourth-order valence-electron chi connectivity index (χ4n) is 3.23. The van der Waals surface area contributed by atoms with Gasteiger partial charge in [-0.15, -0.1) is 0 Å². The third-order valence-electron chi connectivity index (χ3n) is 4.35. The Hall–Kier alpha value is -2.09. The summed E-state index contributed by atoms with van der Waals surface area (Å²) in [5, 5.41) is 7.16. The lowest BCUT2D eigenvalue weighted by Crippen LogP contribution is -2.21. The molecule has 114 valence electrons. The summed E-state index contributed by atoms with van der Waals surface area (Å²) in [5.74, 6) is 0. The largest absolute Gasteiger partial charge is 0.282 e. The highest BCUT2D eigenvalue weighted by atomic mass is 15.5. The van der Waals surface area contributed by atoms with E-state index in [1.54, 1.807) is 0 Å². The maximum Gasteiger partial charge on any atom is 0.0728 e. The molecule has 1 fully saturated rings. The second-order valence-corrected chi connectivity index (χ2v) is 5.90. The van der Waals surface area contributed by atoms with Crippen LogP contribution >= 0.6 is 0 Å². The van der Waals surface area contributed by atoms with Gasteiger partial charge in [-0.05, 0) is 30.4 Å². The average Bonchev–Trinajstić information content (AvgIpc) is 3.01. The minimum atomic E-state index is 0.388. The van der Waals surface area contributed by atoms with Gasteiger partial charge in [0.25, 0.3) is 0 Å². The van der Waals surface area contributed by atoms with Crippen LogP contribution in [0, 0.1) is 0 Å². The summed E-state index contributed by atoms with van der Waals surface area (Å²) < 4.78 is 0. The van der Waals surface area contributed by atoms with E-state index in [1.807, 2.05) is 0 Å². The van der Waals surface area contributed by atoms with Crippen molar-refractivity contribution in [3.63, 3.8) is 0 Å². The highest BCUT2D eigenvalue weighted by molar-refractivity contribution is 5.56. The molecule has 2 aromatic rings. The number of unbranched alkanes of at least 4 members (excludes halogenated alkanes) is 1. The van der Waals surface area contributed by atoms with Gasteiger partial charge >= 0.3 is 0 Å². The lowest BCUT2D eigenvalue weighted by atomic mass is 10.0. The zero-order valence-electron chi connectivity index (χ0n) is 13.2. The molecule has 0 unspecified atom stereocenters. The molecule has 3 rings (SSSR count). The van der Waals surface area contributed by atoms with Crippen molar-refractivity contribution in [2.24, 2.45) is 5.10 Å². The topological polar surface area (TPSA) is 15.6 Å². The predicted molar refractivity (Wildman–Crippen MR) is 92.8 cm³/mol. The summed E-state index contributed by atoms with van der Waals surface area (Å²) in [6.07, 6.45) is 6.58. The summed E-state index contributed by atoms with van der Waals surface area (Å²) in [5.41, 5.74) is 2.74. The number of nitrogens with zero attached hydrogens (tertiary/aromatic N) is 2. The first-order valence-electron chi connectivity index (χ1n) is 8.31. The molecule has 22 heavy (non-hydrogen) atoms. The third-order valence-corrected chi connectivity index (χ3v) is 4.35. The van der Waals surface area contributed by atoms with Crippen molar-refractivity contribution >= 4 is 6.21 Å². The second-order valence-electron chi connectivity index (χ2n) is 5.90. The van der Waals surface area contributed by atoms with Gasteiger partial charge < -0.3 is 0 Å². The van der Waals surface area contributed by atoms with Crippen molar-refractivity contribution in [1.82, 2.24) is 5.01 Å². The molecular weight excluding hydrogens is 268 g/mol. The molecule has 0 amide bonds. The maximum atomic E-state index is 4.84. The molecule has 0 spiro atoms. The van der Waals surface area contributed by atoms with E-state index in [0.29, 0.717) is 12.1 Å². The van der Waals surface area contributed by atoms with E-state index in [4.69, 9.17) is 5.10 Å². The van der Waals surface area contributed by atoms with Crippen molar-refractivity contribution in [3.8, 4) is 0 Å². The van der Waals surface area contributed by atoms with Crippen LogP contribution in [0.5, 0.6) is 0 Å². The summed E-state index contributed by atoms with van der Waals surface area (Å²) in [4.78, 5) is 0. The van der Waals surface area contributed by atoms with Gasteiger partial charge in [0.1, 0.15) is 0 Å². The molecule has 0 aromatic heterocycles. The van der Waals surface area contributed by atoms with Gasteiger partial charge in [0.05, 0.1) is 12.1 Å². The normalized spacial score (nSPS) is 21.6. The van der Waals surface area contributed by atoms with Gasteiger partial charge in [0.15, 0.2) is 0 Å². The van der Waals surface area contributed by atoms with E-state index in [0.717, 1.165) is 25.7 Å². The predicted octanol–water partition coefficient (Wildman–Crippen LogP) is 5.35. The minimum absolute atomic E-state index is 0.388. The Morgan fingerprint density at radius 3 is 1.86 bits per heavy atom. The van der Waals surface area contributed by atoms with Crippen LogP contribution in [0.1, 0.15) is 55.8 Å². The van der Waals surface area contributed by atoms with Crippen LogP contribution in [-0.2, 0) is 0 Å². The molecule has 2 nitrogen and oxygen atoms in total. The first-order valence-corrected chi connectivity index (χ1v) is 8.31. The summed E-state index contributed by atoms with van der Waals surface area (Å²) >= 11 is 0. The number of benzene rings is 2. The zero-order chi connectivity index (χ0) is 15.2. The highest BCUT2D eigenvalue weighted by Gasteiger charge is 2.34. The Morgan fingerprint density at radius 1 is 0.909 bits per heavy atom. The van der Waals surface area contributed by atoms with Gasteiger partial charge in [-0.2, -0.15) is 5.10 Å². The van der Waals surface area contributed by atoms with Crippen LogP contribution in [0.25, 0.3) is 0 Å². The van der Waals surface area contributed by atoms with E-state index in [1.165, 1.54) is 11.1 Å². The summed E-state index contributed by atoms with van der Waals surface area (Å²) in [7, 11) is 0. The van der Waals surface area contributed by atoms with Crippen molar-refractivity contribution < 1.29 is 0 Å². The second kappa shape index (κ2) is 7.26. The molecule has 1 aliphatic heterocycles. The summed E-state index contributed by atoms with van der Waals surface area (Å²) in [6, 6.07) is 22.3. The fraction of sp³-hybridized carbons (Fsp3) is 0.350. The lowest BCUT2D eigenvalue weighted by molar-refractivity contribution is 0.205. The quantitative estimate of drug-likeness (QED) is 0.678. The van der Waals surface area contributed by atoms with Crippen LogP contribution in [0.2, 0.25) is 0 Å². The maximum absolute atomic E-state index is 4.84. The Balaban J connectivity index is 1.88. The van der Waals surface area contributed by atoms with Crippen molar-refractivity contribution in [3.05, 3.63) is 71.8 Å². The Morgan fingerprint density at radius 2 is 1.41 bits per heavy atom. The third kappa shape index (κ3) is 3.22. The van der Waals surface area contributed by atoms with Gasteiger partial charge in [0, 0.05) is 6.21 Å². The van der Waals surface area contributed by atoms with E-state index in [-0.39, 0.29) is 0 Å². The first kappa shape index (κ1) is 14.8. The van der Waals surface area contributed by atoms with Gasteiger partial charge in [-0.1, -0.05) is 74.0 Å².